The number of halogens is 1. The van der Waals surface area contributed by atoms with E-state index < -0.39 is 0 Å². The van der Waals surface area contributed by atoms with E-state index in [0.717, 1.165) is 36.9 Å². The maximum absolute atomic E-state index is 13.1. The molecule has 0 aliphatic rings. The maximum atomic E-state index is 13.1. The van der Waals surface area contributed by atoms with Gasteiger partial charge in [-0.25, -0.2) is 4.39 Å². The Balaban J connectivity index is 1.95. The summed E-state index contributed by atoms with van der Waals surface area (Å²) in [4.78, 5) is 18.6. The highest BCUT2D eigenvalue weighted by Gasteiger charge is 2.14. The van der Waals surface area contributed by atoms with Crippen molar-refractivity contribution < 1.29 is 9.18 Å². The van der Waals surface area contributed by atoms with E-state index in [1.165, 1.54) is 12.1 Å². The summed E-state index contributed by atoms with van der Waals surface area (Å²) >= 11 is 0. The highest BCUT2D eigenvalue weighted by atomic mass is 19.1. The van der Waals surface area contributed by atoms with Crippen LogP contribution in [0.25, 0.3) is 0 Å². The molecule has 1 amide bonds. The topological polar surface area (TPSA) is 33.2 Å². The van der Waals surface area contributed by atoms with Crippen molar-refractivity contribution in [1.29, 1.82) is 0 Å². The fourth-order valence-corrected chi connectivity index (χ4v) is 2.61. The summed E-state index contributed by atoms with van der Waals surface area (Å²) in [7, 11) is 0. The van der Waals surface area contributed by atoms with E-state index in [1.807, 2.05) is 17.0 Å². The second kappa shape index (κ2) is 9.81. The monoisotopic (exact) mass is 328 g/mol. The lowest BCUT2D eigenvalue weighted by molar-refractivity contribution is -0.131. The van der Waals surface area contributed by atoms with Crippen molar-refractivity contribution in [2.75, 3.05) is 6.54 Å². The van der Waals surface area contributed by atoms with Gasteiger partial charge in [-0.2, -0.15) is 0 Å². The number of hydrogen-bond acceptors (Lipinski definition) is 2. The van der Waals surface area contributed by atoms with Crippen LogP contribution >= 0.6 is 0 Å². The molecule has 0 aliphatic heterocycles. The van der Waals surface area contributed by atoms with Gasteiger partial charge < -0.3 is 4.90 Å². The molecule has 0 N–H and O–H groups in total. The summed E-state index contributed by atoms with van der Waals surface area (Å²) in [6.07, 6.45) is 7.92. The minimum atomic E-state index is -0.251. The molecular weight excluding hydrogens is 303 g/mol. The van der Waals surface area contributed by atoms with Crippen LogP contribution in [0.2, 0.25) is 0 Å². The molecule has 1 aromatic carbocycles. The third kappa shape index (κ3) is 6.11. The number of carbonyl (C=O) groups excluding carboxylic acids is 1. The molecule has 0 bridgehead atoms. The fourth-order valence-electron chi connectivity index (χ4n) is 2.61. The van der Waals surface area contributed by atoms with Gasteiger partial charge in [-0.05, 0) is 42.2 Å². The molecule has 2 aromatic rings. The molecule has 0 spiro atoms. The second-order valence-corrected chi connectivity index (χ2v) is 6.01. The molecular formula is C20H25FN2O. The Morgan fingerprint density at radius 1 is 1.12 bits per heavy atom. The molecule has 0 radical (unpaired) electrons. The van der Waals surface area contributed by atoms with Gasteiger partial charge in [0.05, 0.1) is 0 Å². The Kier molecular flexibility index (Phi) is 7.40. The van der Waals surface area contributed by atoms with Gasteiger partial charge >= 0.3 is 0 Å². The molecule has 0 fully saturated rings. The molecule has 0 aliphatic carbocycles. The number of aryl methyl sites for hydroxylation is 1. The zero-order valence-corrected chi connectivity index (χ0v) is 14.2. The quantitative estimate of drug-likeness (QED) is 0.640. The van der Waals surface area contributed by atoms with Gasteiger partial charge in [0.25, 0.3) is 0 Å². The second-order valence-electron chi connectivity index (χ2n) is 6.01. The van der Waals surface area contributed by atoms with Gasteiger partial charge in [-0.15, -0.1) is 0 Å². The number of nitrogens with zero attached hydrogens (tertiary/aromatic N) is 2. The predicted octanol–water partition coefficient (Wildman–Crippen LogP) is 4.37. The van der Waals surface area contributed by atoms with Gasteiger partial charge in [0.2, 0.25) is 5.91 Å². The van der Waals surface area contributed by atoms with E-state index in [1.54, 1.807) is 24.5 Å². The average molecular weight is 328 g/mol. The summed E-state index contributed by atoms with van der Waals surface area (Å²) in [5, 5.41) is 0. The third-order valence-electron chi connectivity index (χ3n) is 4.02. The lowest BCUT2D eigenvalue weighted by atomic mass is 10.1. The van der Waals surface area contributed by atoms with Crippen LogP contribution in [0.3, 0.4) is 0 Å². The van der Waals surface area contributed by atoms with E-state index in [-0.39, 0.29) is 11.7 Å². The van der Waals surface area contributed by atoms with Crippen molar-refractivity contribution in [2.24, 2.45) is 0 Å². The molecule has 0 saturated heterocycles. The van der Waals surface area contributed by atoms with Gasteiger partial charge in [-0.1, -0.05) is 38.0 Å². The Morgan fingerprint density at radius 3 is 2.58 bits per heavy atom. The zero-order valence-electron chi connectivity index (χ0n) is 14.2. The summed E-state index contributed by atoms with van der Waals surface area (Å²) in [5.41, 5.74) is 2.03. The van der Waals surface area contributed by atoms with Gasteiger partial charge in [0, 0.05) is 31.9 Å². The lowest BCUT2D eigenvalue weighted by Crippen LogP contribution is -2.31. The molecule has 128 valence electrons. The Hall–Kier alpha value is -2.23. The highest BCUT2D eigenvalue weighted by molar-refractivity contribution is 5.76. The first-order valence-corrected chi connectivity index (χ1v) is 8.60. The summed E-state index contributed by atoms with van der Waals surface area (Å²) in [6.45, 7) is 3.43. The Labute approximate surface area is 143 Å². The van der Waals surface area contributed by atoms with Gasteiger partial charge in [-0.3, -0.25) is 9.78 Å². The van der Waals surface area contributed by atoms with E-state index in [0.29, 0.717) is 19.4 Å². The van der Waals surface area contributed by atoms with Crippen LogP contribution in [0.5, 0.6) is 0 Å². The van der Waals surface area contributed by atoms with Crippen LogP contribution < -0.4 is 0 Å². The largest absolute Gasteiger partial charge is 0.338 e. The van der Waals surface area contributed by atoms with Crippen LogP contribution in [0, 0.1) is 5.82 Å². The van der Waals surface area contributed by atoms with E-state index in [2.05, 4.69) is 11.9 Å². The highest BCUT2D eigenvalue weighted by Crippen LogP contribution is 2.11. The molecule has 1 aromatic heterocycles. The number of rotatable bonds is 9. The molecule has 1 heterocycles. The van der Waals surface area contributed by atoms with Crippen molar-refractivity contribution >= 4 is 5.91 Å². The summed E-state index contributed by atoms with van der Waals surface area (Å²) in [6, 6.07) is 10.3. The minimum absolute atomic E-state index is 0.138. The van der Waals surface area contributed by atoms with E-state index >= 15 is 0 Å². The SMILES string of the molecule is CCCCCN(Cc1ccc(F)cc1)C(=O)CCc1cccnc1. The first kappa shape index (κ1) is 18.1. The van der Waals surface area contributed by atoms with Gasteiger partial charge in [0.1, 0.15) is 5.82 Å². The van der Waals surface area contributed by atoms with Crippen LogP contribution in [0.4, 0.5) is 4.39 Å². The summed E-state index contributed by atoms with van der Waals surface area (Å²) < 4.78 is 13.1. The molecule has 2 rings (SSSR count). The van der Waals surface area contributed by atoms with Crippen molar-refractivity contribution in [3.05, 3.63) is 65.7 Å². The van der Waals surface area contributed by atoms with Crippen LogP contribution in [0.1, 0.15) is 43.7 Å². The normalized spacial score (nSPS) is 10.6. The van der Waals surface area contributed by atoms with Crippen molar-refractivity contribution in [2.45, 2.75) is 45.6 Å². The first-order chi connectivity index (χ1) is 11.7. The average Bonchev–Trinajstić information content (AvgIpc) is 2.61. The molecule has 4 heteroatoms. The first-order valence-electron chi connectivity index (χ1n) is 8.60. The maximum Gasteiger partial charge on any atom is 0.223 e. The van der Waals surface area contributed by atoms with E-state index in [4.69, 9.17) is 0 Å². The Morgan fingerprint density at radius 2 is 1.92 bits per heavy atom. The number of benzene rings is 1. The number of aromatic nitrogens is 1. The third-order valence-corrected chi connectivity index (χ3v) is 4.02. The zero-order chi connectivity index (χ0) is 17.2. The van der Waals surface area contributed by atoms with Crippen LogP contribution in [-0.4, -0.2) is 22.3 Å². The number of carbonyl (C=O) groups is 1. The van der Waals surface area contributed by atoms with E-state index in [9.17, 15) is 9.18 Å². The van der Waals surface area contributed by atoms with Crippen molar-refractivity contribution in [3.8, 4) is 0 Å². The molecule has 0 saturated carbocycles. The summed E-state index contributed by atoms with van der Waals surface area (Å²) in [5.74, 6) is -0.113. The van der Waals surface area contributed by atoms with Crippen LogP contribution in [0.15, 0.2) is 48.8 Å². The Bertz CT molecular complexity index is 613. The molecule has 3 nitrogen and oxygen atoms in total. The smallest absolute Gasteiger partial charge is 0.223 e. The van der Waals surface area contributed by atoms with Gasteiger partial charge in [0.15, 0.2) is 0 Å². The predicted molar refractivity (Wildman–Crippen MR) is 93.9 cm³/mol. The standard InChI is InChI=1S/C20H25FN2O/c1-2-3-4-14-23(16-18-7-10-19(21)11-8-18)20(24)12-9-17-6-5-13-22-15-17/h5-8,10-11,13,15H,2-4,9,12,14,16H2,1H3. The molecule has 0 unspecified atom stereocenters. The van der Waals surface area contributed by atoms with Crippen molar-refractivity contribution in [1.82, 2.24) is 9.88 Å². The number of pyridine rings is 1. The number of hydrogen-bond donors (Lipinski definition) is 0. The van der Waals surface area contributed by atoms with Crippen molar-refractivity contribution in [3.63, 3.8) is 0 Å². The fraction of sp³-hybridized carbons (Fsp3) is 0.400. The minimum Gasteiger partial charge on any atom is -0.338 e. The molecule has 24 heavy (non-hydrogen) atoms. The lowest BCUT2D eigenvalue weighted by Gasteiger charge is -2.23. The number of unbranched alkanes of at least 4 members (excludes halogenated alkanes) is 2. The van der Waals surface area contributed by atoms with Crippen LogP contribution in [-0.2, 0) is 17.8 Å². The molecule has 0 atom stereocenters. The number of amides is 1.